The van der Waals surface area contributed by atoms with Crippen LogP contribution in [-0.2, 0) is 23.9 Å². The topological polar surface area (TPSA) is 116 Å². The Morgan fingerprint density at radius 3 is 2.09 bits per heavy atom. The van der Waals surface area contributed by atoms with E-state index in [9.17, 15) is 19.5 Å². The van der Waals surface area contributed by atoms with Gasteiger partial charge in [-0.1, -0.05) is 67.5 Å². The number of likely N-dealkylation sites (N-methyl/N-ethyl adjacent to an activating group) is 1. The summed E-state index contributed by atoms with van der Waals surface area (Å²) >= 11 is 0. The first-order valence-corrected chi connectivity index (χ1v) is 23.3. The highest BCUT2D eigenvalue weighted by Crippen LogP contribution is 2.77. The maximum absolute atomic E-state index is 15.1. The first-order chi connectivity index (χ1) is 26.9. The lowest BCUT2D eigenvalue weighted by atomic mass is 9.32. The fourth-order valence-corrected chi connectivity index (χ4v) is 15.8. The second-order valence-corrected chi connectivity index (χ2v) is 23.4. The molecule has 6 aliphatic carbocycles. The van der Waals surface area contributed by atoms with Crippen LogP contribution in [0.4, 0.5) is 0 Å². The van der Waals surface area contributed by atoms with Gasteiger partial charge in [0.05, 0.1) is 17.3 Å². The molecule has 2 amide bonds. The molecular weight excluding hydrogens is 727 g/mol. The number of aliphatic carboxylic acids is 1. The quantitative estimate of drug-likeness (QED) is 0.177. The van der Waals surface area contributed by atoms with E-state index in [1.165, 1.54) is 5.57 Å². The normalized spacial score (nSPS) is 43.1. The van der Waals surface area contributed by atoms with Crippen molar-refractivity contribution in [2.24, 2.45) is 73.4 Å². The average molecular weight is 806 g/mol. The van der Waals surface area contributed by atoms with Crippen LogP contribution in [0.3, 0.4) is 0 Å². The number of esters is 1. The third-order valence-electron chi connectivity index (χ3n) is 19.9. The zero-order valence-electron chi connectivity index (χ0n) is 38.2. The molecule has 12 atom stereocenters. The highest BCUT2D eigenvalue weighted by molar-refractivity contribution is 5.86. The average Bonchev–Trinajstić information content (AvgIpc) is 3.55. The number of hydrogen-bond acceptors (Lipinski definition) is 6. The number of rotatable bonds is 9. The Morgan fingerprint density at radius 2 is 1.48 bits per heavy atom. The zero-order chi connectivity index (χ0) is 42.6. The van der Waals surface area contributed by atoms with Gasteiger partial charge in [-0.3, -0.25) is 19.2 Å². The minimum atomic E-state index is -1.16. The lowest BCUT2D eigenvalue weighted by Gasteiger charge is -2.73. The van der Waals surface area contributed by atoms with Crippen LogP contribution < -0.4 is 5.32 Å². The summed E-state index contributed by atoms with van der Waals surface area (Å²) < 4.78 is 6.20. The zero-order valence-corrected chi connectivity index (χ0v) is 38.2. The number of carboxylic acid groups (broad SMARTS) is 1. The molecule has 1 unspecified atom stereocenters. The predicted molar refractivity (Wildman–Crippen MR) is 227 cm³/mol. The number of hydrogen-bond donors (Lipinski definition) is 2. The Labute approximate surface area is 350 Å². The summed E-state index contributed by atoms with van der Waals surface area (Å²) in [6.45, 7) is 33.4. The lowest BCUT2D eigenvalue weighted by molar-refractivity contribution is -0.249. The predicted octanol–water partition coefficient (Wildman–Crippen LogP) is 8.75. The Bertz CT molecular complexity index is 1680. The van der Waals surface area contributed by atoms with E-state index in [2.05, 4.69) is 84.0 Å². The van der Waals surface area contributed by atoms with Gasteiger partial charge in [-0.25, -0.2) is 0 Å². The second-order valence-electron chi connectivity index (χ2n) is 23.4. The van der Waals surface area contributed by atoms with E-state index in [1.807, 2.05) is 0 Å². The van der Waals surface area contributed by atoms with Crippen molar-refractivity contribution in [2.45, 2.75) is 165 Å². The molecular formula is C49H79N3O6. The van der Waals surface area contributed by atoms with Gasteiger partial charge in [0.15, 0.2) is 0 Å². The van der Waals surface area contributed by atoms with Gasteiger partial charge < -0.3 is 25.0 Å². The number of carbonyl (C=O) groups excluding carboxylic acids is 3. The van der Waals surface area contributed by atoms with Crippen molar-refractivity contribution < 1.29 is 29.0 Å². The van der Waals surface area contributed by atoms with E-state index in [0.717, 1.165) is 103 Å². The van der Waals surface area contributed by atoms with E-state index in [0.29, 0.717) is 23.7 Å². The fraction of sp³-hybridized carbons (Fsp3) is 0.878. The number of piperazine rings is 1. The molecule has 0 aromatic rings. The number of carboxylic acids is 1. The van der Waals surface area contributed by atoms with Crippen LogP contribution in [0.5, 0.6) is 0 Å². The summed E-state index contributed by atoms with van der Waals surface area (Å²) in [6.07, 6.45) is 10.6. The van der Waals surface area contributed by atoms with Crippen LogP contribution in [-0.4, -0.2) is 83.5 Å². The highest BCUT2D eigenvalue weighted by atomic mass is 16.5. The summed E-state index contributed by atoms with van der Waals surface area (Å²) in [5, 5.41) is 13.3. The minimum absolute atomic E-state index is 0.00277. The van der Waals surface area contributed by atoms with E-state index < -0.39 is 22.8 Å². The van der Waals surface area contributed by atoms with Gasteiger partial charge in [-0.15, -0.1) is 0 Å². The number of nitrogens with zero attached hydrogens (tertiary/aromatic N) is 2. The summed E-state index contributed by atoms with van der Waals surface area (Å²) in [4.78, 5) is 58.3. The van der Waals surface area contributed by atoms with Gasteiger partial charge in [0, 0.05) is 43.6 Å². The molecule has 9 nitrogen and oxygen atoms in total. The van der Waals surface area contributed by atoms with Gasteiger partial charge in [0.1, 0.15) is 6.10 Å². The molecule has 1 saturated heterocycles. The van der Waals surface area contributed by atoms with Gasteiger partial charge in [0.25, 0.3) is 0 Å². The molecule has 7 aliphatic rings. The first kappa shape index (κ1) is 43.7. The molecule has 0 aromatic carbocycles. The number of nitrogens with one attached hydrogen (secondary N) is 1. The molecule has 6 saturated carbocycles. The lowest BCUT2D eigenvalue weighted by Crippen LogP contribution is -2.68. The molecule has 0 radical (unpaired) electrons. The Hall–Kier alpha value is -2.42. The van der Waals surface area contributed by atoms with Gasteiger partial charge in [-0.2, -0.15) is 0 Å². The van der Waals surface area contributed by atoms with Crippen molar-refractivity contribution in [2.75, 3.05) is 32.7 Å². The third kappa shape index (κ3) is 6.45. The van der Waals surface area contributed by atoms with Crippen LogP contribution in [0, 0.1) is 73.4 Å². The van der Waals surface area contributed by atoms with Crippen molar-refractivity contribution >= 4 is 23.8 Å². The van der Waals surface area contributed by atoms with Crippen molar-refractivity contribution in [1.29, 1.82) is 0 Å². The van der Waals surface area contributed by atoms with Gasteiger partial charge in [0.2, 0.25) is 11.8 Å². The fourth-order valence-electron chi connectivity index (χ4n) is 15.8. The number of amides is 2. The van der Waals surface area contributed by atoms with E-state index in [-0.39, 0.29) is 69.3 Å². The van der Waals surface area contributed by atoms with E-state index >= 15 is 4.79 Å². The van der Waals surface area contributed by atoms with Crippen LogP contribution in [0.2, 0.25) is 0 Å². The van der Waals surface area contributed by atoms with Crippen molar-refractivity contribution in [3.05, 3.63) is 12.2 Å². The van der Waals surface area contributed by atoms with Gasteiger partial charge in [-0.05, 0) is 149 Å². The van der Waals surface area contributed by atoms with E-state index in [1.54, 1.807) is 13.8 Å². The largest absolute Gasteiger partial charge is 0.481 e. The van der Waals surface area contributed by atoms with E-state index in [4.69, 9.17) is 4.74 Å². The smallest absolute Gasteiger partial charge is 0.309 e. The number of allylic oxidation sites excluding steroid dienone is 1. The Morgan fingerprint density at radius 1 is 0.810 bits per heavy atom. The molecule has 0 aromatic heterocycles. The van der Waals surface area contributed by atoms with Gasteiger partial charge >= 0.3 is 11.9 Å². The molecule has 9 heteroatoms. The molecule has 1 heterocycles. The number of fused-ring (bicyclic) bond motifs is 7. The maximum Gasteiger partial charge on any atom is 0.309 e. The summed E-state index contributed by atoms with van der Waals surface area (Å²) in [6, 6.07) is 0.00277. The summed E-state index contributed by atoms with van der Waals surface area (Å²) in [5.41, 5.74) is -0.552. The maximum atomic E-state index is 15.1. The molecule has 7 rings (SSSR count). The Kier molecular flexibility index (Phi) is 11.0. The summed E-state index contributed by atoms with van der Waals surface area (Å²) in [5.74, 6) is 1.03. The first-order valence-electron chi connectivity index (χ1n) is 23.3. The molecule has 0 spiro atoms. The molecule has 326 valence electrons. The molecule has 0 bridgehead atoms. The van der Waals surface area contributed by atoms with Crippen LogP contribution in [0.25, 0.3) is 0 Å². The van der Waals surface area contributed by atoms with Crippen LogP contribution in [0.1, 0.15) is 153 Å². The van der Waals surface area contributed by atoms with Crippen LogP contribution in [0.15, 0.2) is 12.2 Å². The number of ether oxygens (including phenoxy) is 1. The van der Waals surface area contributed by atoms with Crippen molar-refractivity contribution in [1.82, 2.24) is 15.1 Å². The molecule has 58 heavy (non-hydrogen) atoms. The highest BCUT2D eigenvalue weighted by Gasteiger charge is 2.72. The molecule has 1 aliphatic heterocycles. The van der Waals surface area contributed by atoms with Crippen molar-refractivity contribution in [3.63, 3.8) is 0 Å². The Balaban J connectivity index is 1.08. The minimum Gasteiger partial charge on any atom is -0.481 e. The number of carbonyl (C=O) groups is 4. The van der Waals surface area contributed by atoms with Crippen LogP contribution >= 0.6 is 0 Å². The molecule has 2 N–H and O–H groups in total. The third-order valence-corrected chi connectivity index (χ3v) is 19.9. The standard InChI is InChI=1S/C49H79N3O6/c1-13-51-24-26-52(27-25-51)40(54)33-28-36(44(33,6)7)50-41(55)49-21-16-31(30(2)3)39(49)32-14-15-35-46(10)19-18-37(58-38(53)29-43(4,5)42(56)57)45(8,9)34(46)17-20-48(35,12)47(32,11)22-23-49/h31-37,39H,2,13-29H2,1,3-12H3,(H,50,55)(H,56,57)/t31-,32+,33+,34-,35+,36+,37-,39?,46-,47+,48+,49-/m0/s1. The van der Waals surface area contributed by atoms with Crippen molar-refractivity contribution in [3.8, 4) is 0 Å². The second kappa shape index (κ2) is 14.6. The summed E-state index contributed by atoms with van der Waals surface area (Å²) in [7, 11) is 0. The SMILES string of the molecule is C=C(C)[C@@H]1CC[C@]2(C(=O)N[C@@H]3C[C@H](C(=O)N4CCN(CC)CC4)C3(C)C)CC[C@]3(C)[C@H](CC[C@@H]4[C@@]5(C)CC[C@H](OC(=O)CC(C)(C)C(=O)O)C(C)(C)[C@@H]5CC[C@]43C)C12. The molecule has 7 fully saturated rings. The monoisotopic (exact) mass is 806 g/mol.